The molecule has 0 aliphatic rings. The summed E-state index contributed by atoms with van der Waals surface area (Å²) in [5.74, 6) is -0.875. The third kappa shape index (κ3) is 4.91. The predicted molar refractivity (Wildman–Crippen MR) is 119 cm³/mol. The van der Waals surface area contributed by atoms with Gasteiger partial charge >= 0.3 is 11.6 Å². The minimum absolute atomic E-state index is 0.274. The van der Waals surface area contributed by atoms with Crippen molar-refractivity contribution in [1.29, 1.82) is 0 Å². The maximum atomic E-state index is 12.2. The van der Waals surface area contributed by atoms with E-state index in [4.69, 9.17) is 13.9 Å². The molecule has 1 atom stereocenters. The summed E-state index contributed by atoms with van der Waals surface area (Å²) in [6.45, 7) is 4.77. The van der Waals surface area contributed by atoms with Crippen LogP contribution >= 0.6 is 0 Å². The van der Waals surface area contributed by atoms with Crippen LogP contribution in [0.15, 0.2) is 51.7 Å². The SMILES string of the molecule is COc1ccc(-c2cc(=O)oc3c(C)c(OCC(=O)N[C@@H](C(=O)O)C(C)C)ccc23)cc1. The Morgan fingerprint density at radius 1 is 1.12 bits per heavy atom. The first-order valence-electron chi connectivity index (χ1n) is 10.1. The van der Waals surface area contributed by atoms with Crippen molar-refractivity contribution >= 4 is 22.8 Å². The van der Waals surface area contributed by atoms with Crippen molar-refractivity contribution in [3.8, 4) is 22.6 Å². The van der Waals surface area contributed by atoms with Gasteiger partial charge in [0.1, 0.15) is 23.1 Å². The lowest BCUT2D eigenvalue weighted by molar-refractivity contribution is -0.143. The van der Waals surface area contributed by atoms with Gasteiger partial charge in [0.05, 0.1) is 7.11 Å². The number of hydrogen-bond donors (Lipinski definition) is 2. The number of hydrogen-bond acceptors (Lipinski definition) is 6. The van der Waals surface area contributed by atoms with Gasteiger partial charge in [0.15, 0.2) is 6.61 Å². The van der Waals surface area contributed by atoms with Crippen molar-refractivity contribution in [2.45, 2.75) is 26.8 Å². The highest BCUT2D eigenvalue weighted by Gasteiger charge is 2.23. The van der Waals surface area contributed by atoms with Crippen LogP contribution in [0.5, 0.6) is 11.5 Å². The van der Waals surface area contributed by atoms with Crippen LogP contribution in [-0.2, 0) is 9.59 Å². The molecule has 8 heteroatoms. The average Bonchev–Trinajstić information content (AvgIpc) is 2.76. The van der Waals surface area contributed by atoms with Crippen molar-refractivity contribution in [1.82, 2.24) is 5.32 Å². The number of ether oxygens (including phenoxy) is 2. The Morgan fingerprint density at radius 2 is 1.81 bits per heavy atom. The zero-order valence-electron chi connectivity index (χ0n) is 18.3. The number of benzene rings is 2. The molecule has 0 aliphatic heterocycles. The fraction of sp³-hybridized carbons (Fsp3) is 0.292. The van der Waals surface area contributed by atoms with Crippen molar-refractivity contribution < 1.29 is 28.6 Å². The van der Waals surface area contributed by atoms with Crippen molar-refractivity contribution in [3.05, 3.63) is 58.4 Å². The van der Waals surface area contributed by atoms with Crippen LogP contribution in [0.2, 0.25) is 0 Å². The number of carbonyl (C=O) groups excluding carboxylic acids is 1. The van der Waals surface area contributed by atoms with Gasteiger partial charge in [0.25, 0.3) is 5.91 Å². The molecule has 0 unspecified atom stereocenters. The van der Waals surface area contributed by atoms with E-state index < -0.39 is 23.5 Å². The van der Waals surface area contributed by atoms with E-state index in [-0.39, 0.29) is 12.5 Å². The van der Waals surface area contributed by atoms with Crippen molar-refractivity contribution in [2.24, 2.45) is 5.92 Å². The van der Waals surface area contributed by atoms with Gasteiger partial charge in [-0.1, -0.05) is 26.0 Å². The molecule has 0 saturated heterocycles. The molecule has 8 nitrogen and oxygen atoms in total. The molecule has 3 aromatic rings. The van der Waals surface area contributed by atoms with Crippen LogP contribution in [0.1, 0.15) is 19.4 Å². The third-order valence-electron chi connectivity index (χ3n) is 5.12. The van der Waals surface area contributed by atoms with Gasteiger partial charge in [-0.15, -0.1) is 0 Å². The van der Waals surface area contributed by atoms with Gasteiger partial charge in [0, 0.05) is 17.0 Å². The van der Waals surface area contributed by atoms with Gasteiger partial charge < -0.3 is 24.3 Å². The molecule has 1 aromatic heterocycles. The molecule has 0 spiro atoms. The molecular weight excluding hydrogens is 414 g/mol. The Bertz CT molecular complexity index is 1200. The topological polar surface area (TPSA) is 115 Å². The highest BCUT2D eigenvalue weighted by molar-refractivity contribution is 5.95. The second-order valence-corrected chi connectivity index (χ2v) is 7.69. The number of nitrogens with one attached hydrogen (secondary N) is 1. The van der Waals surface area contributed by atoms with Crippen LogP contribution in [0.3, 0.4) is 0 Å². The first-order valence-corrected chi connectivity index (χ1v) is 10.1. The van der Waals surface area contributed by atoms with E-state index >= 15 is 0 Å². The molecule has 0 aliphatic carbocycles. The fourth-order valence-corrected chi connectivity index (χ4v) is 3.38. The maximum absolute atomic E-state index is 12.2. The highest BCUT2D eigenvalue weighted by Crippen LogP contribution is 2.33. The maximum Gasteiger partial charge on any atom is 0.336 e. The van der Waals surface area contributed by atoms with E-state index in [0.717, 1.165) is 10.9 Å². The minimum Gasteiger partial charge on any atom is -0.497 e. The summed E-state index contributed by atoms with van der Waals surface area (Å²) in [7, 11) is 1.58. The van der Waals surface area contributed by atoms with Crippen LogP contribution in [0.25, 0.3) is 22.1 Å². The summed E-state index contributed by atoms with van der Waals surface area (Å²) in [6, 6.07) is 11.2. The highest BCUT2D eigenvalue weighted by atomic mass is 16.5. The van der Waals surface area contributed by atoms with Gasteiger partial charge in [-0.3, -0.25) is 4.79 Å². The van der Waals surface area contributed by atoms with E-state index in [1.165, 1.54) is 6.07 Å². The lowest BCUT2D eigenvalue weighted by Crippen LogP contribution is -2.46. The molecule has 2 aromatic carbocycles. The van der Waals surface area contributed by atoms with Crippen LogP contribution in [-0.4, -0.2) is 36.7 Å². The summed E-state index contributed by atoms with van der Waals surface area (Å²) in [4.78, 5) is 35.7. The number of rotatable bonds is 8. The van der Waals surface area contributed by atoms with Gasteiger partial charge in [-0.2, -0.15) is 0 Å². The van der Waals surface area contributed by atoms with E-state index in [0.29, 0.717) is 28.2 Å². The molecule has 3 rings (SSSR count). The largest absolute Gasteiger partial charge is 0.497 e. The zero-order chi connectivity index (χ0) is 23.4. The lowest BCUT2D eigenvalue weighted by Gasteiger charge is -2.18. The Kier molecular flexibility index (Phi) is 6.82. The quantitative estimate of drug-likeness (QED) is 0.517. The smallest absolute Gasteiger partial charge is 0.336 e. The number of carboxylic acids is 1. The number of carbonyl (C=O) groups is 2. The molecule has 1 heterocycles. The molecule has 0 radical (unpaired) electrons. The second kappa shape index (κ2) is 9.55. The van der Waals surface area contributed by atoms with Gasteiger partial charge in [-0.05, 0) is 48.2 Å². The molecule has 0 saturated carbocycles. The Hall–Kier alpha value is -3.81. The normalized spacial score (nSPS) is 11.9. The number of carboxylic acid groups (broad SMARTS) is 1. The first kappa shape index (κ1) is 22.9. The molecular formula is C24H25NO7. The average molecular weight is 439 g/mol. The van der Waals surface area contributed by atoms with E-state index in [2.05, 4.69) is 5.32 Å². The Labute approximate surface area is 184 Å². The molecule has 32 heavy (non-hydrogen) atoms. The molecule has 168 valence electrons. The summed E-state index contributed by atoms with van der Waals surface area (Å²) >= 11 is 0. The predicted octanol–water partition coefficient (Wildman–Crippen LogP) is 3.38. The minimum atomic E-state index is -1.11. The van der Waals surface area contributed by atoms with Crippen molar-refractivity contribution in [3.63, 3.8) is 0 Å². The van der Waals surface area contributed by atoms with Gasteiger partial charge in [-0.25, -0.2) is 9.59 Å². The number of aryl methyl sites for hydroxylation is 1. The molecule has 2 N–H and O–H groups in total. The Morgan fingerprint density at radius 3 is 2.41 bits per heavy atom. The van der Waals surface area contributed by atoms with Crippen molar-refractivity contribution in [2.75, 3.05) is 13.7 Å². The molecule has 0 fully saturated rings. The second-order valence-electron chi connectivity index (χ2n) is 7.69. The van der Waals surface area contributed by atoms with E-state index in [9.17, 15) is 19.5 Å². The standard InChI is InChI=1S/C24H25NO7/c1-13(2)22(24(28)29)25-20(26)12-31-19-10-9-17-18(11-21(27)32-23(17)14(19)3)15-5-7-16(30-4)8-6-15/h5-11,13,22H,12H2,1-4H3,(H,25,26)(H,28,29)/t22-/m1/s1. The summed E-state index contributed by atoms with van der Waals surface area (Å²) in [6.07, 6.45) is 0. The molecule has 1 amide bonds. The van der Waals surface area contributed by atoms with Crippen LogP contribution in [0.4, 0.5) is 0 Å². The van der Waals surface area contributed by atoms with Gasteiger partial charge in [0.2, 0.25) is 0 Å². The third-order valence-corrected chi connectivity index (χ3v) is 5.12. The monoisotopic (exact) mass is 439 g/mol. The number of fused-ring (bicyclic) bond motifs is 1. The molecule has 0 bridgehead atoms. The number of amides is 1. The Balaban J connectivity index is 1.88. The summed E-state index contributed by atoms with van der Waals surface area (Å²) in [5.41, 5.74) is 1.92. The van der Waals surface area contributed by atoms with Crippen LogP contribution < -0.4 is 20.4 Å². The summed E-state index contributed by atoms with van der Waals surface area (Å²) in [5, 5.41) is 12.4. The number of methoxy groups -OCH3 is 1. The van der Waals surface area contributed by atoms with E-state index in [1.807, 2.05) is 12.1 Å². The van der Waals surface area contributed by atoms with E-state index in [1.54, 1.807) is 52.1 Å². The first-order chi connectivity index (χ1) is 15.2. The summed E-state index contributed by atoms with van der Waals surface area (Å²) < 4.78 is 16.2. The van der Waals surface area contributed by atoms with Crippen LogP contribution in [0, 0.1) is 12.8 Å². The zero-order valence-corrected chi connectivity index (χ0v) is 18.3. The lowest BCUT2D eigenvalue weighted by atomic mass is 10.00. The number of aliphatic carboxylic acids is 1. The fourth-order valence-electron chi connectivity index (χ4n) is 3.38.